The summed E-state index contributed by atoms with van der Waals surface area (Å²) in [5.74, 6) is 0.895. The zero-order chi connectivity index (χ0) is 18.5. The van der Waals surface area contributed by atoms with Crippen LogP contribution in [0.4, 0.5) is 0 Å². The van der Waals surface area contributed by atoms with E-state index in [0.29, 0.717) is 42.5 Å². The van der Waals surface area contributed by atoms with Crippen LogP contribution in [0.15, 0.2) is 17.1 Å². The third kappa shape index (κ3) is 4.07. The van der Waals surface area contributed by atoms with Gasteiger partial charge in [-0.15, -0.1) is 0 Å². The molecule has 1 aliphatic heterocycles. The number of ether oxygens (including phenoxy) is 3. The number of esters is 1. The van der Waals surface area contributed by atoms with E-state index in [1.165, 1.54) is 18.4 Å². The van der Waals surface area contributed by atoms with Gasteiger partial charge in [-0.1, -0.05) is 24.7 Å². The summed E-state index contributed by atoms with van der Waals surface area (Å²) >= 11 is 1.41. The van der Waals surface area contributed by atoms with Crippen molar-refractivity contribution in [3.63, 3.8) is 0 Å². The number of aromatic nitrogens is 1. The molecule has 0 saturated heterocycles. The average molecular weight is 378 g/mol. The molecule has 0 fully saturated rings. The minimum atomic E-state index is -0.308. The molecule has 1 aliphatic rings. The summed E-state index contributed by atoms with van der Waals surface area (Å²) in [5, 5.41) is 0. The molecule has 0 saturated carbocycles. The molecular weight excluding hydrogens is 356 g/mol. The molecule has 1 amide bonds. The number of carbonyl (C=O) groups is 2. The van der Waals surface area contributed by atoms with Gasteiger partial charge in [-0.05, 0) is 6.42 Å². The van der Waals surface area contributed by atoms with Crippen LogP contribution in [-0.2, 0) is 20.9 Å². The molecule has 0 radical (unpaired) electrons. The van der Waals surface area contributed by atoms with Gasteiger partial charge in [-0.25, -0.2) is 0 Å². The van der Waals surface area contributed by atoms with Crippen molar-refractivity contribution in [2.75, 3.05) is 20.3 Å². The van der Waals surface area contributed by atoms with Gasteiger partial charge in [0.05, 0.1) is 23.7 Å². The predicted molar refractivity (Wildman–Crippen MR) is 97.5 cm³/mol. The Morgan fingerprint density at radius 2 is 1.96 bits per heavy atom. The second-order valence-electron chi connectivity index (χ2n) is 5.94. The Balaban J connectivity index is 2.04. The summed E-state index contributed by atoms with van der Waals surface area (Å²) in [6.45, 7) is 3.43. The zero-order valence-electron chi connectivity index (χ0n) is 14.9. The maximum absolute atomic E-state index is 12.1. The van der Waals surface area contributed by atoms with Crippen LogP contribution in [0.2, 0.25) is 0 Å². The molecule has 0 N–H and O–H groups in total. The van der Waals surface area contributed by atoms with Gasteiger partial charge in [0, 0.05) is 25.1 Å². The molecule has 0 atom stereocenters. The standard InChI is InChI=1S/C18H22N2O5S/c1-3-4-5-16(21)19-18-20(7-6-17(22)23-2)12-10-13-14(11-15(12)26-18)25-9-8-24-13/h10-11H,3-9H2,1-2H3. The quantitative estimate of drug-likeness (QED) is 0.722. The topological polar surface area (TPSA) is 79.1 Å². The van der Waals surface area contributed by atoms with Crippen LogP contribution in [0, 0.1) is 0 Å². The fourth-order valence-corrected chi connectivity index (χ4v) is 3.79. The fourth-order valence-electron chi connectivity index (χ4n) is 2.70. The third-order valence-electron chi connectivity index (χ3n) is 4.08. The average Bonchev–Trinajstić information content (AvgIpc) is 2.98. The van der Waals surface area contributed by atoms with Crippen molar-refractivity contribution in [1.29, 1.82) is 0 Å². The molecule has 140 valence electrons. The molecule has 2 aromatic rings. The molecule has 0 unspecified atom stereocenters. The van der Waals surface area contributed by atoms with E-state index in [4.69, 9.17) is 14.2 Å². The molecule has 8 heteroatoms. The fraction of sp³-hybridized carbons (Fsp3) is 0.500. The van der Waals surface area contributed by atoms with Crippen LogP contribution in [0.25, 0.3) is 10.2 Å². The highest BCUT2D eigenvalue weighted by Gasteiger charge is 2.17. The molecular formula is C18H22N2O5S. The number of rotatable bonds is 6. The van der Waals surface area contributed by atoms with E-state index >= 15 is 0 Å². The van der Waals surface area contributed by atoms with E-state index in [0.717, 1.165) is 23.1 Å². The van der Waals surface area contributed by atoms with E-state index < -0.39 is 0 Å². The Hall–Kier alpha value is -2.35. The molecule has 0 aliphatic carbocycles. The first-order chi connectivity index (χ1) is 12.6. The van der Waals surface area contributed by atoms with Crippen LogP contribution < -0.4 is 14.3 Å². The van der Waals surface area contributed by atoms with Gasteiger partial charge in [0.2, 0.25) is 5.91 Å². The Bertz CT molecular complexity index is 884. The SMILES string of the molecule is CCCCC(=O)N=c1sc2cc3c(cc2n1CCC(=O)OC)OCCO3. The number of nitrogens with zero attached hydrogens (tertiary/aromatic N) is 2. The second kappa shape index (κ2) is 8.35. The Morgan fingerprint density at radius 3 is 2.65 bits per heavy atom. The van der Waals surface area contributed by atoms with E-state index in [1.807, 2.05) is 23.6 Å². The molecule has 0 bridgehead atoms. The smallest absolute Gasteiger partial charge is 0.307 e. The maximum Gasteiger partial charge on any atom is 0.307 e. The van der Waals surface area contributed by atoms with Crippen LogP contribution in [0.5, 0.6) is 11.5 Å². The number of methoxy groups -OCH3 is 1. The highest BCUT2D eigenvalue weighted by molar-refractivity contribution is 7.16. The van der Waals surface area contributed by atoms with Gasteiger partial charge >= 0.3 is 5.97 Å². The van der Waals surface area contributed by atoms with Crippen molar-refractivity contribution >= 4 is 33.4 Å². The molecule has 0 spiro atoms. The zero-order valence-corrected chi connectivity index (χ0v) is 15.8. The van der Waals surface area contributed by atoms with Crippen molar-refractivity contribution in [2.24, 2.45) is 4.99 Å². The Kier molecular flexibility index (Phi) is 5.92. The monoisotopic (exact) mass is 378 g/mol. The van der Waals surface area contributed by atoms with Crippen LogP contribution in [0.3, 0.4) is 0 Å². The Morgan fingerprint density at radius 1 is 1.23 bits per heavy atom. The molecule has 26 heavy (non-hydrogen) atoms. The van der Waals surface area contributed by atoms with Gasteiger partial charge < -0.3 is 18.8 Å². The highest BCUT2D eigenvalue weighted by Crippen LogP contribution is 2.35. The summed E-state index contributed by atoms with van der Waals surface area (Å²) in [7, 11) is 1.36. The summed E-state index contributed by atoms with van der Waals surface area (Å²) in [6.07, 6.45) is 2.38. The van der Waals surface area contributed by atoms with Gasteiger partial charge in [-0.3, -0.25) is 9.59 Å². The summed E-state index contributed by atoms with van der Waals surface area (Å²) in [5.41, 5.74) is 0.866. The van der Waals surface area contributed by atoms with Crippen molar-refractivity contribution in [3.8, 4) is 11.5 Å². The molecule has 3 rings (SSSR count). The lowest BCUT2D eigenvalue weighted by molar-refractivity contribution is -0.140. The first-order valence-electron chi connectivity index (χ1n) is 8.69. The first-order valence-corrected chi connectivity index (χ1v) is 9.51. The van der Waals surface area contributed by atoms with Crippen LogP contribution >= 0.6 is 11.3 Å². The van der Waals surface area contributed by atoms with Gasteiger partial charge in [0.1, 0.15) is 13.2 Å². The van der Waals surface area contributed by atoms with Crippen molar-refractivity contribution < 1.29 is 23.8 Å². The van der Waals surface area contributed by atoms with Gasteiger partial charge in [0.25, 0.3) is 0 Å². The highest BCUT2D eigenvalue weighted by atomic mass is 32.1. The first kappa shape index (κ1) is 18.4. The minimum Gasteiger partial charge on any atom is -0.486 e. The predicted octanol–water partition coefficient (Wildman–Crippen LogP) is 2.65. The van der Waals surface area contributed by atoms with Crippen LogP contribution in [0.1, 0.15) is 32.6 Å². The number of carbonyl (C=O) groups excluding carboxylic acids is 2. The number of unbranched alkanes of at least 4 members (excludes halogenated alkanes) is 1. The molecule has 7 nitrogen and oxygen atoms in total. The van der Waals surface area contributed by atoms with Crippen molar-refractivity contribution in [1.82, 2.24) is 4.57 Å². The van der Waals surface area contributed by atoms with Gasteiger partial charge in [0.15, 0.2) is 16.3 Å². The second-order valence-corrected chi connectivity index (χ2v) is 6.94. The molecule has 1 aromatic carbocycles. The normalized spacial score (nSPS) is 13.8. The Labute approximate surface area is 155 Å². The number of aryl methyl sites for hydroxylation is 1. The van der Waals surface area contributed by atoms with Crippen molar-refractivity contribution in [3.05, 3.63) is 16.9 Å². The summed E-state index contributed by atoms with van der Waals surface area (Å²) in [6, 6.07) is 3.78. The summed E-state index contributed by atoms with van der Waals surface area (Å²) in [4.78, 5) is 28.6. The number of fused-ring (bicyclic) bond motifs is 2. The van der Waals surface area contributed by atoms with Crippen LogP contribution in [-0.4, -0.2) is 36.8 Å². The largest absolute Gasteiger partial charge is 0.486 e. The molecule has 2 heterocycles. The number of hydrogen-bond acceptors (Lipinski definition) is 6. The maximum atomic E-state index is 12.1. The third-order valence-corrected chi connectivity index (χ3v) is 5.12. The van der Waals surface area contributed by atoms with E-state index in [1.54, 1.807) is 0 Å². The molecule has 1 aromatic heterocycles. The number of amides is 1. The lowest BCUT2D eigenvalue weighted by atomic mass is 10.2. The van der Waals surface area contributed by atoms with E-state index in [2.05, 4.69) is 4.99 Å². The summed E-state index contributed by atoms with van der Waals surface area (Å²) < 4.78 is 18.8. The van der Waals surface area contributed by atoms with E-state index in [9.17, 15) is 9.59 Å². The number of benzene rings is 1. The van der Waals surface area contributed by atoms with Gasteiger partial charge in [-0.2, -0.15) is 4.99 Å². The van der Waals surface area contributed by atoms with Crippen molar-refractivity contribution in [2.45, 2.75) is 39.2 Å². The lowest BCUT2D eigenvalue weighted by Gasteiger charge is -2.18. The lowest BCUT2D eigenvalue weighted by Crippen LogP contribution is -2.19. The number of hydrogen-bond donors (Lipinski definition) is 0. The number of thiazole rings is 1. The van der Waals surface area contributed by atoms with E-state index in [-0.39, 0.29) is 18.3 Å². The minimum absolute atomic E-state index is 0.150.